The van der Waals surface area contributed by atoms with Crippen molar-refractivity contribution in [3.05, 3.63) is 47.3 Å². The molecule has 2 rings (SSSR count). The van der Waals surface area contributed by atoms with E-state index in [9.17, 15) is 0 Å². The molecule has 0 spiro atoms. The van der Waals surface area contributed by atoms with E-state index in [1.807, 2.05) is 18.7 Å². The maximum atomic E-state index is 5.77. The van der Waals surface area contributed by atoms with Crippen molar-refractivity contribution in [1.29, 1.82) is 0 Å². The van der Waals surface area contributed by atoms with Gasteiger partial charge in [-0.3, -0.25) is 0 Å². The first kappa shape index (κ1) is 11.7. The molecule has 1 aromatic carbocycles. The van der Waals surface area contributed by atoms with Gasteiger partial charge < -0.3 is 5.73 Å². The predicted octanol–water partition coefficient (Wildman–Crippen LogP) is 3.79. The second-order valence-electron chi connectivity index (χ2n) is 3.86. The molecule has 0 saturated carbocycles. The van der Waals surface area contributed by atoms with E-state index < -0.39 is 0 Å². The summed E-state index contributed by atoms with van der Waals surface area (Å²) in [6.07, 6.45) is 0.948. The summed E-state index contributed by atoms with van der Waals surface area (Å²) in [6.45, 7) is 2.04. The maximum Gasteiger partial charge on any atom is 0.0646 e. The van der Waals surface area contributed by atoms with Crippen molar-refractivity contribution in [2.24, 2.45) is 5.73 Å². The normalized spacial score (nSPS) is 12.6. The molecular weight excluding hydrogens is 234 g/mol. The third kappa shape index (κ3) is 3.37. The average molecular weight is 249 g/mol. The van der Waals surface area contributed by atoms with E-state index in [0.29, 0.717) is 0 Å². The van der Waals surface area contributed by atoms with Gasteiger partial charge >= 0.3 is 0 Å². The first-order chi connectivity index (χ1) is 7.74. The van der Waals surface area contributed by atoms with Crippen LogP contribution < -0.4 is 5.73 Å². The fourth-order valence-corrected chi connectivity index (χ4v) is 3.25. The van der Waals surface area contributed by atoms with Gasteiger partial charge in [-0.15, -0.1) is 11.3 Å². The van der Waals surface area contributed by atoms with E-state index >= 15 is 0 Å². The van der Waals surface area contributed by atoms with Crippen molar-refractivity contribution in [2.45, 2.75) is 28.5 Å². The van der Waals surface area contributed by atoms with E-state index in [1.165, 1.54) is 14.7 Å². The van der Waals surface area contributed by atoms with Crippen LogP contribution in [-0.4, -0.2) is 6.04 Å². The molecule has 1 atom stereocenters. The van der Waals surface area contributed by atoms with Crippen molar-refractivity contribution in [1.82, 2.24) is 0 Å². The average Bonchev–Trinajstić information content (AvgIpc) is 2.73. The number of hydrogen-bond donors (Lipinski definition) is 1. The van der Waals surface area contributed by atoms with Crippen molar-refractivity contribution in [2.75, 3.05) is 0 Å². The third-order valence-corrected chi connectivity index (χ3v) is 4.24. The maximum absolute atomic E-state index is 5.77. The minimum Gasteiger partial charge on any atom is -0.328 e. The van der Waals surface area contributed by atoms with Gasteiger partial charge in [-0.1, -0.05) is 30.0 Å². The molecule has 0 saturated heterocycles. The van der Waals surface area contributed by atoms with Crippen LogP contribution in [0.25, 0.3) is 0 Å². The molecule has 0 aliphatic heterocycles. The van der Waals surface area contributed by atoms with Crippen LogP contribution in [-0.2, 0) is 6.42 Å². The Labute approximate surface area is 105 Å². The quantitative estimate of drug-likeness (QED) is 0.892. The molecule has 0 amide bonds. The van der Waals surface area contributed by atoms with Gasteiger partial charge in [0.25, 0.3) is 0 Å². The smallest absolute Gasteiger partial charge is 0.0646 e. The van der Waals surface area contributed by atoms with Gasteiger partial charge in [0.2, 0.25) is 0 Å². The summed E-state index contributed by atoms with van der Waals surface area (Å²) in [4.78, 5) is 1.29. The molecule has 1 heterocycles. The van der Waals surface area contributed by atoms with Crippen molar-refractivity contribution >= 4 is 23.1 Å². The summed E-state index contributed by atoms with van der Waals surface area (Å²) < 4.78 is 1.33. The molecule has 1 unspecified atom stereocenters. The zero-order valence-corrected chi connectivity index (χ0v) is 10.9. The highest BCUT2D eigenvalue weighted by molar-refractivity contribution is 8.01. The number of nitrogens with two attached hydrogens (primary N) is 1. The Kier molecular flexibility index (Phi) is 4.04. The SMILES string of the molecule is CC(N)Cc1ccc(Sc2cccs2)cc1. The van der Waals surface area contributed by atoms with E-state index in [4.69, 9.17) is 5.73 Å². The summed E-state index contributed by atoms with van der Waals surface area (Å²) in [6, 6.07) is 13.1. The van der Waals surface area contributed by atoms with Gasteiger partial charge in [0.05, 0.1) is 4.21 Å². The Morgan fingerprint density at radius 3 is 2.56 bits per heavy atom. The van der Waals surface area contributed by atoms with Gasteiger partial charge in [-0.2, -0.15) is 0 Å². The summed E-state index contributed by atoms with van der Waals surface area (Å²) in [5, 5.41) is 2.10. The molecule has 0 bridgehead atoms. The van der Waals surface area contributed by atoms with Crippen molar-refractivity contribution in [3.63, 3.8) is 0 Å². The highest BCUT2D eigenvalue weighted by Crippen LogP contribution is 2.31. The molecule has 2 aromatic rings. The van der Waals surface area contributed by atoms with Crippen molar-refractivity contribution in [3.8, 4) is 0 Å². The Morgan fingerprint density at radius 2 is 2.00 bits per heavy atom. The second kappa shape index (κ2) is 5.53. The van der Waals surface area contributed by atoms with E-state index in [2.05, 4.69) is 41.8 Å². The van der Waals surface area contributed by atoms with Crippen LogP contribution in [0.15, 0.2) is 50.9 Å². The molecular formula is C13H15NS2. The number of hydrogen-bond acceptors (Lipinski definition) is 3. The molecule has 2 N–H and O–H groups in total. The monoisotopic (exact) mass is 249 g/mol. The zero-order valence-electron chi connectivity index (χ0n) is 9.22. The van der Waals surface area contributed by atoms with E-state index in [0.717, 1.165) is 6.42 Å². The fraction of sp³-hybridized carbons (Fsp3) is 0.231. The molecule has 0 aliphatic carbocycles. The third-order valence-electron chi connectivity index (χ3n) is 2.19. The van der Waals surface area contributed by atoms with Gasteiger partial charge in [0, 0.05) is 10.9 Å². The number of thiophene rings is 1. The second-order valence-corrected chi connectivity index (χ2v) is 6.18. The van der Waals surface area contributed by atoms with Crippen molar-refractivity contribution < 1.29 is 0 Å². The minimum absolute atomic E-state index is 0.232. The molecule has 84 valence electrons. The Bertz CT molecular complexity index is 418. The van der Waals surface area contributed by atoms with Gasteiger partial charge in [-0.25, -0.2) is 0 Å². The van der Waals surface area contributed by atoms with Gasteiger partial charge in [-0.05, 0) is 42.5 Å². The minimum atomic E-state index is 0.232. The largest absolute Gasteiger partial charge is 0.328 e. The summed E-state index contributed by atoms with van der Waals surface area (Å²) >= 11 is 3.58. The summed E-state index contributed by atoms with van der Waals surface area (Å²) in [5.41, 5.74) is 7.08. The van der Waals surface area contributed by atoms with Crippen LogP contribution >= 0.6 is 23.1 Å². The molecule has 1 aromatic heterocycles. The Morgan fingerprint density at radius 1 is 1.25 bits per heavy atom. The molecule has 0 radical (unpaired) electrons. The molecule has 16 heavy (non-hydrogen) atoms. The molecule has 1 nitrogen and oxygen atoms in total. The highest BCUT2D eigenvalue weighted by Gasteiger charge is 2.00. The zero-order chi connectivity index (χ0) is 11.4. The molecule has 0 aliphatic rings. The lowest BCUT2D eigenvalue weighted by Crippen LogP contribution is -2.17. The van der Waals surface area contributed by atoms with E-state index in [1.54, 1.807) is 11.3 Å². The standard InChI is InChI=1S/C13H15NS2/c1-10(14)9-11-4-6-12(7-5-11)16-13-3-2-8-15-13/h2-8,10H,9,14H2,1H3. The van der Waals surface area contributed by atoms with Gasteiger partial charge in [0.15, 0.2) is 0 Å². The molecule has 0 fully saturated rings. The van der Waals surface area contributed by atoms with Crippen LogP contribution in [0.5, 0.6) is 0 Å². The number of benzene rings is 1. The topological polar surface area (TPSA) is 26.0 Å². The van der Waals surface area contributed by atoms with E-state index in [-0.39, 0.29) is 6.04 Å². The lowest BCUT2D eigenvalue weighted by Gasteiger charge is -2.05. The lowest BCUT2D eigenvalue weighted by molar-refractivity contribution is 0.737. The summed E-state index contributed by atoms with van der Waals surface area (Å²) in [5.74, 6) is 0. The number of rotatable bonds is 4. The first-order valence-corrected chi connectivity index (χ1v) is 6.99. The van der Waals surface area contributed by atoms with Crippen LogP contribution in [0.4, 0.5) is 0 Å². The van der Waals surface area contributed by atoms with Crippen LogP contribution in [0.1, 0.15) is 12.5 Å². The molecule has 3 heteroatoms. The predicted molar refractivity (Wildman–Crippen MR) is 72.2 cm³/mol. The Hall–Kier alpha value is -0.770. The van der Waals surface area contributed by atoms with Crippen LogP contribution in [0.2, 0.25) is 0 Å². The highest BCUT2D eigenvalue weighted by atomic mass is 32.2. The Balaban J connectivity index is 2.02. The summed E-state index contributed by atoms with van der Waals surface area (Å²) in [7, 11) is 0. The lowest BCUT2D eigenvalue weighted by atomic mass is 10.1. The van der Waals surface area contributed by atoms with Gasteiger partial charge in [0.1, 0.15) is 0 Å². The first-order valence-electron chi connectivity index (χ1n) is 5.30. The fourth-order valence-electron chi connectivity index (χ4n) is 1.50. The van der Waals surface area contributed by atoms with Crippen LogP contribution in [0, 0.1) is 0 Å². The van der Waals surface area contributed by atoms with Crippen LogP contribution in [0.3, 0.4) is 0 Å².